The highest BCUT2D eigenvalue weighted by atomic mass is 16.5. The van der Waals surface area contributed by atoms with Gasteiger partial charge in [-0.15, -0.1) is 0 Å². The normalized spacial score (nSPS) is 17.9. The molecule has 1 aliphatic rings. The first-order chi connectivity index (χ1) is 10.2. The molecule has 3 nitrogen and oxygen atoms in total. The van der Waals surface area contributed by atoms with E-state index >= 15 is 0 Å². The van der Waals surface area contributed by atoms with Crippen LogP contribution in [0.25, 0.3) is 0 Å². The number of hydrogen-bond donors (Lipinski definition) is 1. The minimum Gasteiger partial charge on any atom is -0.497 e. The standard InChI is InChI=1S/C18H30N2O/c1-19-14-18(11-5-4-6-12-18)15-20(2)13-16-7-9-17(21-3)10-8-16/h7-10,19H,4-6,11-15H2,1-3H3. The maximum atomic E-state index is 5.22. The van der Waals surface area contributed by atoms with Gasteiger partial charge in [-0.1, -0.05) is 31.4 Å². The Balaban J connectivity index is 1.93. The fourth-order valence-electron chi connectivity index (χ4n) is 3.74. The highest BCUT2D eigenvalue weighted by molar-refractivity contribution is 5.27. The van der Waals surface area contributed by atoms with Crippen LogP contribution < -0.4 is 10.1 Å². The first-order valence-electron chi connectivity index (χ1n) is 8.13. The monoisotopic (exact) mass is 290 g/mol. The zero-order valence-electron chi connectivity index (χ0n) is 13.8. The van der Waals surface area contributed by atoms with E-state index < -0.39 is 0 Å². The van der Waals surface area contributed by atoms with Crippen molar-refractivity contribution in [2.75, 3.05) is 34.3 Å². The predicted molar refractivity (Wildman–Crippen MR) is 88.8 cm³/mol. The zero-order chi connectivity index (χ0) is 15.1. The molecule has 1 aromatic rings. The van der Waals surface area contributed by atoms with Crippen LogP contribution in [0.15, 0.2) is 24.3 Å². The van der Waals surface area contributed by atoms with Gasteiger partial charge in [0.05, 0.1) is 7.11 Å². The van der Waals surface area contributed by atoms with Crippen molar-refractivity contribution >= 4 is 0 Å². The Hall–Kier alpha value is -1.06. The highest BCUT2D eigenvalue weighted by Crippen LogP contribution is 2.36. The molecule has 1 saturated carbocycles. The zero-order valence-corrected chi connectivity index (χ0v) is 13.8. The Labute approximate surface area is 129 Å². The molecule has 3 heteroatoms. The summed E-state index contributed by atoms with van der Waals surface area (Å²) < 4.78 is 5.22. The second-order valence-corrected chi connectivity index (χ2v) is 6.61. The number of ether oxygens (including phenoxy) is 1. The highest BCUT2D eigenvalue weighted by Gasteiger charge is 2.32. The lowest BCUT2D eigenvalue weighted by atomic mass is 9.73. The quantitative estimate of drug-likeness (QED) is 0.834. The summed E-state index contributed by atoms with van der Waals surface area (Å²) in [4.78, 5) is 2.48. The Morgan fingerprint density at radius 1 is 1.14 bits per heavy atom. The van der Waals surface area contributed by atoms with E-state index in [9.17, 15) is 0 Å². The fraction of sp³-hybridized carbons (Fsp3) is 0.667. The summed E-state index contributed by atoms with van der Waals surface area (Å²) in [6, 6.07) is 8.43. The summed E-state index contributed by atoms with van der Waals surface area (Å²) in [6.45, 7) is 3.33. The number of rotatable bonds is 7. The third kappa shape index (κ3) is 4.72. The van der Waals surface area contributed by atoms with E-state index in [1.807, 2.05) is 12.1 Å². The largest absolute Gasteiger partial charge is 0.497 e. The van der Waals surface area contributed by atoms with Gasteiger partial charge in [0, 0.05) is 19.6 Å². The van der Waals surface area contributed by atoms with E-state index in [-0.39, 0.29) is 0 Å². The molecule has 0 saturated heterocycles. The summed E-state index contributed by atoms with van der Waals surface area (Å²) in [6.07, 6.45) is 6.91. The summed E-state index contributed by atoms with van der Waals surface area (Å²) in [7, 11) is 6.04. The van der Waals surface area contributed by atoms with Gasteiger partial charge >= 0.3 is 0 Å². The summed E-state index contributed by atoms with van der Waals surface area (Å²) in [5, 5.41) is 3.42. The number of nitrogens with one attached hydrogen (secondary N) is 1. The van der Waals surface area contributed by atoms with Crippen molar-refractivity contribution in [1.29, 1.82) is 0 Å². The lowest BCUT2D eigenvalue weighted by molar-refractivity contribution is 0.116. The molecule has 1 aromatic carbocycles. The maximum absolute atomic E-state index is 5.22. The molecule has 1 aliphatic carbocycles. The molecule has 0 heterocycles. The van der Waals surface area contributed by atoms with Crippen LogP contribution in [0.5, 0.6) is 5.75 Å². The van der Waals surface area contributed by atoms with Gasteiger partial charge in [-0.05, 0) is 50.0 Å². The van der Waals surface area contributed by atoms with Crippen LogP contribution in [0.4, 0.5) is 0 Å². The SMILES string of the molecule is CNCC1(CN(C)Cc2ccc(OC)cc2)CCCCC1. The number of nitrogens with zero attached hydrogens (tertiary/aromatic N) is 1. The predicted octanol–water partition coefficient (Wildman–Crippen LogP) is 3.30. The second-order valence-electron chi connectivity index (χ2n) is 6.61. The molecule has 0 radical (unpaired) electrons. The third-order valence-corrected chi connectivity index (χ3v) is 4.68. The molecule has 0 spiro atoms. The molecule has 0 unspecified atom stereocenters. The Kier molecular flexibility index (Phi) is 6.07. The Morgan fingerprint density at radius 2 is 1.81 bits per heavy atom. The molecular weight excluding hydrogens is 260 g/mol. The fourth-order valence-corrected chi connectivity index (χ4v) is 3.74. The topological polar surface area (TPSA) is 24.5 Å². The van der Waals surface area contributed by atoms with E-state index in [0.717, 1.165) is 18.8 Å². The maximum Gasteiger partial charge on any atom is 0.118 e. The first-order valence-corrected chi connectivity index (χ1v) is 8.13. The van der Waals surface area contributed by atoms with Crippen LogP contribution in [0.1, 0.15) is 37.7 Å². The average molecular weight is 290 g/mol. The minimum absolute atomic E-state index is 0.466. The van der Waals surface area contributed by atoms with Gasteiger partial charge in [-0.25, -0.2) is 0 Å². The molecule has 0 aromatic heterocycles. The van der Waals surface area contributed by atoms with Crippen LogP contribution in [-0.4, -0.2) is 39.2 Å². The molecule has 0 aliphatic heterocycles. The lowest BCUT2D eigenvalue weighted by Crippen LogP contribution is -2.43. The summed E-state index contributed by atoms with van der Waals surface area (Å²) in [5.74, 6) is 0.931. The molecule has 0 amide bonds. The van der Waals surface area contributed by atoms with Crippen molar-refractivity contribution in [2.24, 2.45) is 5.41 Å². The number of benzene rings is 1. The van der Waals surface area contributed by atoms with Crippen LogP contribution in [0.3, 0.4) is 0 Å². The lowest BCUT2D eigenvalue weighted by Gasteiger charge is -2.40. The number of hydrogen-bond acceptors (Lipinski definition) is 3. The molecule has 0 bridgehead atoms. The third-order valence-electron chi connectivity index (χ3n) is 4.68. The smallest absolute Gasteiger partial charge is 0.118 e. The Morgan fingerprint density at radius 3 is 2.38 bits per heavy atom. The van der Waals surface area contributed by atoms with Crippen molar-refractivity contribution in [3.05, 3.63) is 29.8 Å². The molecule has 0 atom stereocenters. The summed E-state index contributed by atoms with van der Waals surface area (Å²) >= 11 is 0. The van der Waals surface area contributed by atoms with Crippen molar-refractivity contribution < 1.29 is 4.74 Å². The molecule has 21 heavy (non-hydrogen) atoms. The van der Waals surface area contributed by atoms with Gasteiger partial charge in [0.25, 0.3) is 0 Å². The van der Waals surface area contributed by atoms with Crippen molar-refractivity contribution in [1.82, 2.24) is 10.2 Å². The van der Waals surface area contributed by atoms with Crippen molar-refractivity contribution in [3.63, 3.8) is 0 Å². The van der Waals surface area contributed by atoms with E-state index in [2.05, 4.69) is 36.4 Å². The van der Waals surface area contributed by atoms with Gasteiger partial charge in [0.1, 0.15) is 5.75 Å². The van der Waals surface area contributed by atoms with E-state index in [1.54, 1.807) is 7.11 Å². The number of methoxy groups -OCH3 is 1. The van der Waals surface area contributed by atoms with Gasteiger partial charge in [-0.3, -0.25) is 0 Å². The van der Waals surface area contributed by atoms with Crippen LogP contribution in [0.2, 0.25) is 0 Å². The van der Waals surface area contributed by atoms with Gasteiger partial charge in [-0.2, -0.15) is 0 Å². The Bertz CT molecular complexity index is 404. The van der Waals surface area contributed by atoms with E-state index in [0.29, 0.717) is 5.41 Å². The minimum atomic E-state index is 0.466. The van der Waals surface area contributed by atoms with Gasteiger partial charge < -0.3 is 15.0 Å². The van der Waals surface area contributed by atoms with Crippen LogP contribution >= 0.6 is 0 Å². The molecule has 2 rings (SSSR count). The van der Waals surface area contributed by atoms with E-state index in [4.69, 9.17) is 4.74 Å². The average Bonchev–Trinajstić information content (AvgIpc) is 2.49. The first kappa shape index (κ1) is 16.3. The van der Waals surface area contributed by atoms with Crippen molar-refractivity contribution in [2.45, 2.75) is 38.6 Å². The van der Waals surface area contributed by atoms with Gasteiger partial charge in [0.15, 0.2) is 0 Å². The summed E-state index contributed by atoms with van der Waals surface area (Å²) in [5.41, 5.74) is 1.82. The molecule has 1 fully saturated rings. The molecule has 118 valence electrons. The van der Waals surface area contributed by atoms with Crippen molar-refractivity contribution in [3.8, 4) is 5.75 Å². The van der Waals surface area contributed by atoms with E-state index in [1.165, 1.54) is 44.2 Å². The van der Waals surface area contributed by atoms with Crippen LogP contribution in [0, 0.1) is 5.41 Å². The molecule has 1 N–H and O–H groups in total. The van der Waals surface area contributed by atoms with Gasteiger partial charge in [0.2, 0.25) is 0 Å². The van der Waals surface area contributed by atoms with Crippen LogP contribution in [-0.2, 0) is 6.54 Å². The molecular formula is C18H30N2O. The second kappa shape index (κ2) is 7.81.